The Labute approximate surface area is 112 Å². The summed E-state index contributed by atoms with van der Waals surface area (Å²) in [5, 5.41) is 0. The van der Waals surface area contributed by atoms with E-state index in [4.69, 9.17) is 0 Å². The Morgan fingerprint density at radius 1 is 0.895 bits per heavy atom. The number of hydrogen-bond donors (Lipinski definition) is 0. The first-order chi connectivity index (χ1) is 9.04. The molecule has 0 bridgehead atoms. The van der Waals surface area contributed by atoms with Crippen LogP contribution < -0.4 is 0 Å². The van der Waals surface area contributed by atoms with E-state index >= 15 is 0 Å². The summed E-state index contributed by atoms with van der Waals surface area (Å²) >= 11 is 0. The Morgan fingerprint density at radius 2 is 1.37 bits per heavy atom. The van der Waals surface area contributed by atoms with E-state index in [1.807, 2.05) is 12.1 Å². The van der Waals surface area contributed by atoms with Gasteiger partial charge >= 0.3 is 0 Å². The fourth-order valence-electron chi connectivity index (χ4n) is 1.87. The van der Waals surface area contributed by atoms with Crippen LogP contribution in [0.3, 0.4) is 0 Å². The average Bonchev–Trinajstić information content (AvgIpc) is 2.40. The molecule has 2 rings (SSSR count). The summed E-state index contributed by atoms with van der Waals surface area (Å²) in [5.74, 6) is -0.447. The molecule has 2 aromatic rings. The Kier molecular flexibility index (Phi) is 4.00. The number of hydrogen-bond acceptors (Lipinski definition) is 2. The van der Waals surface area contributed by atoms with Crippen LogP contribution in [0, 0.1) is 5.82 Å². The molecule has 19 heavy (non-hydrogen) atoms. The SMILES string of the molecule is CCCc1ccc(S(=O)(=O)c2ccc(F)cc2)cc1. The normalized spacial score (nSPS) is 11.5. The van der Waals surface area contributed by atoms with Gasteiger partial charge in [0.1, 0.15) is 5.82 Å². The number of sulfone groups is 1. The zero-order chi connectivity index (χ0) is 13.9. The number of benzene rings is 2. The molecule has 0 unspecified atom stereocenters. The van der Waals surface area contributed by atoms with Crippen LogP contribution >= 0.6 is 0 Å². The van der Waals surface area contributed by atoms with E-state index in [0.29, 0.717) is 0 Å². The maximum atomic E-state index is 12.8. The van der Waals surface area contributed by atoms with E-state index in [1.165, 1.54) is 12.1 Å². The maximum Gasteiger partial charge on any atom is 0.206 e. The summed E-state index contributed by atoms with van der Waals surface area (Å²) in [6.45, 7) is 2.07. The van der Waals surface area contributed by atoms with Crippen molar-refractivity contribution in [3.63, 3.8) is 0 Å². The van der Waals surface area contributed by atoms with Crippen molar-refractivity contribution in [2.45, 2.75) is 29.6 Å². The molecule has 2 aromatic carbocycles. The molecule has 0 fully saturated rings. The maximum absolute atomic E-state index is 12.8. The standard InChI is InChI=1S/C15H15FO2S/c1-2-3-12-4-8-14(9-5-12)19(17,18)15-10-6-13(16)7-11-15/h4-11H,2-3H2,1H3. The third kappa shape index (κ3) is 3.01. The van der Waals surface area contributed by atoms with Gasteiger partial charge in [0.05, 0.1) is 9.79 Å². The highest BCUT2D eigenvalue weighted by atomic mass is 32.2. The van der Waals surface area contributed by atoms with Gasteiger partial charge < -0.3 is 0 Å². The van der Waals surface area contributed by atoms with Gasteiger partial charge in [-0.3, -0.25) is 0 Å². The van der Waals surface area contributed by atoms with Gasteiger partial charge in [0.25, 0.3) is 0 Å². The van der Waals surface area contributed by atoms with Crippen LogP contribution in [0.5, 0.6) is 0 Å². The molecule has 0 atom stereocenters. The summed E-state index contributed by atoms with van der Waals surface area (Å²) < 4.78 is 37.4. The van der Waals surface area contributed by atoms with Crippen molar-refractivity contribution in [1.82, 2.24) is 0 Å². The molecule has 100 valence electrons. The highest BCUT2D eigenvalue weighted by Crippen LogP contribution is 2.21. The lowest BCUT2D eigenvalue weighted by molar-refractivity contribution is 0.594. The van der Waals surface area contributed by atoms with Crippen molar-refractivity contribution in [2.24, 2.45) is 0 Å². The molecule has 0 aliphatic heterocycles. The molecule has 0 saturated heterocycles. The summed E-state index contributed by atoms with van der Waals surface area (Å²) in [7, 11) is -3.55. The lowest BCUT2D eigenvalue weighted by Crippen LogP contribution is -2.02. The highest BCUT2D eigenvalue weighted by molar-refractivity contribution is 7.91. The van der Waals surface area contributed by atoms with Gasteiger partial charge in [-0.05, 0) is 48.4 Å². The van der Waals surface area contributed by atoms with Crippen LogP contribution in [0.4, 0.5) is 4.39 Å². The molecule has 0 amide bonds. The van der Waals surface area contributed by atoms with Crippen molar-refractivity contribution in [3.8, 4) is 0 Å². The second-order valence-electron chi connectivity index (χ2n) is 4.35. The minimum absolute atomic E-state index is 0.108. The molecular weight excluding hydrogens is 263 g/mol. The molecule has 0 aliphatic carbocycles. The van der Waals surface area contributed by atoms with Crippen LogP contribution in [0.1, 0.15) is 18.9 Å². The fourth-order valence-corrected chi connectivity index (χ4v) is 3.13. The van der Waals surface area contributed by atoms with E-state index in [0.717, 1.165) is 30.5 Å². The Balaban J connectivity index is 2.36. The summed E-state index contributed by atoms with van der Waals surface area (Å²) in [6.07, 6.45) is 1.95. The third-order valence-electron chi connectivity index (χ3n) is 2.90. The van der Waals surface area contributed by atoms with Crippen molar-refractivity contribution >= 4 is 9.84 Å². The van der Waals surface area contributed by atoms with Crippen molar-refractivity contribution in [3.05, 3.63) is 59.9 Å². The second kappa shape index (κ2) is 5.53. The van der Waals surface area contributed by atoms with Crippen molar-refractivity contribution < 1.29 is 12.8 Å². The topological polar surface area (TPSA) is 34.1 Å². The van der Waals surface area contributed by atoms with Gasteiger partial charge in [-0.25, -0.2) is 12.8 Å². The largest absolute Gasteiger partial charge is 0.219 e. The number of halogens is 1. The molecule has 0 N–H and O–H groups in total. The predicted molar refractivity (Wildman–Crippen MR) is 72.3 cm³/mol. The van der Waals surface area contributed by atoms with E-state index in [9.17, 15) is 12.8 Å². The van der Waals surface area contributed by atoms with Gasteiger partial charge in [0.2, 0.25) is 9.84 Å². The van der Waals surface area contributed by atoms with Gasteiger partial charge in [0.15, 0.2) is 0 Å². The zero-order valence-corrected chi connectivity index (χ0v) is 11.5. The average molecular weight is 278 g/mol. The van der Waals surface area contributed by atoms with E-state index in [-0.39, 0.29) is 9.79 Å². The van der Waals surface area contributed by atoms with Crippen LogP contribution in [0.25, 0.3) is 0 Å². The van der Waals surface area contributed by atoms with Crippen molar-refractivity contribution in [1.29, 1.82) is 0 Å². The monoisotopic (exact) mass is 278 g/mol. The first-order valence-electron chi connectivity index (χ1n) is 6.13. The smallest absolute Gasteiger partial charge is 0.206 e. The van der Waals surface area contributed by atoms with E-state index < -0.39 is 15.7 Å². The molecule has 0 aliphatic rings. The summed E-state index contributed by atoms with van der Waals surface area (Å²) in [6, 6.07) is 11.7. The number of rotatable bonds is 4. The molecular formula is C15H15FO2S. The Morgan fingerprint density at radius 3 is 1.84 bits per heavy atom. The lowest BCUT2D eigenvalue weighted by atomic mass is 10.1. The molecule has 0 spiro atoms. The minimum Gasteiger partial charge on any atom is -0.219 e. The zero-order valence-electron chi connectivity index (χ0n) is 10.6. The second-order valence-corrected chi connectivity index (χ2v) is 6.30. The van der Waals surface area contributed by atoms with Gasteiger partial charge in [-0.2, -0.15) is 0 Å². The highest BCUT2D eigenvalue weighted by Gasteiger charge is 2.17. The first-order valence-corrected chi connectivity index (χ1v) is 7.62. The van der Waals surface area contributed by atoms with E-state index in [1.54, 1.807) is 12.1 Å². The summed E-state index contributed by atoms with van der Waals surface area (Å²) in [5.41, 5.74) is 1.11. The molecule has 0 aromatic heterocycles. The van der Waals surface area contributed by atoms with E-state index in [2.05, 4.69) is 6.92 Å². The van der Waals surface area contributed by atoms with Crippen LogP contribution in [0.2, 0.25) is 0 Å². The lowest BCUT2D eigenvalue weighted by Gasteiger charge is -2.05. The third-order valence-corrected chi connectivity index (χ3v) is 4.68. The molecule has 2 nitrogen and oxygen atoms in total. The molecule has 0 heterocycles. The van der Waals surface area contributed by atoms with Crippen LogP contribution in [0.15, 0.2) is 58.3 Å². The molecule has 0 saturated carbocycles. The van der Waals surface area contributed by atoms with Crippen LogP contribution in [-0.2, 0) is 16.3 Å². The molecule has 0 radical (unpaired) electrons. The van der Waals surface area contributed by atoms with Crippen LogP contribution in [-0.4, -0.2) is 8.42 Å². The van der Waals surface area contributed by atoms with Gasteiger partial charge in [-0.15, -0.1) is 0 Å². The van der Waals surface area contributed by atoms with Crippen molar-refractivity contribution in [2.75, 3.05) is 0 Å². The molecule has 4 heteroatoms. The Bertz CT molecular complexity index is 644. The minimum atomic E-state index is -3.55. The number of aryl methyl sites for hydroxylation is 1. The van der Waals surface area contributed by atoms with Gasteiger partial charge in [-0.1, -0.05) is 25.5 Å². The quantitative estimate of drug-likeness (QED) is 0.801. The summed E-state index contributed by atoms with van der Waals surface area (Å²) in [4.78, 5) is 0.344. The predicted octanol–water partition coefficient (Wildman–Crippen LogP) is 3.61. The van der Waals surface area contributed by atoms with Gasteiger partial charge in [0, 0.05) is 0 Å². The Hall–Kier alpha value is -1.68. The first kappa shape index (κ1) is 13.7. The fraction of sp³-hybridized carbons (Fsp3) is 0.200.